The number of thiophene rings is 1. The van der Waals surface area contributed by atoms with Crippen molar-refractivity contribution < 1.29 is 9.90 Å². The van der Waals surface area contributed by atoms with E-state index in [-0.39, 0.29) is 24.6 Å². The van der Waals surface area contributed by atoms with Crippen molar-refractivity contribution in [1.29, 1.82) is 0 Å². The zero-order valence-electron chi connectivity index (χ0n) is 14.8. The first-order valence-electron chi connectivity index (χ1n) is 8.78. The number of carbonyl (C=O) groups is 1. The molecule has 4 nitrogen and oxygen atoms in total. The quantitative estimate of drug-likeness (QED) is 0.573. The molecule has 2 atom stereocenters. The summed E-state index contributed by atoms with van der Waals surface area (Å²) in [5.74, 6) is -0.0880. The van der Waals surface area contributed by atoms with Crippen LogP contribution in [0, 0.1) is 0 Å². The molecular weight excluding hydrogens is 344 g/mol. The van der Waals surface area contributed by atoms with E-state index in [1.54, 1.807) is 18.4 Å². The smallest absolute Gasteiger partial charge is 0.237 e. The molecule has 0 aliphatic heterocycles. The summed E-state index contributed by atoms with van der Waals surface area (Å²) in [7, 11) is 1.79. The Morgan fingerprint density at radius 3 is 2.54 bits per heavy atom. The fraction of sp³-hybridized carbons (Fsp3) is 0.286. The lowest BCUT2D eigenvalue weighted by molar-refractivity contribution is -0.124. The molecule has 5 heteroatoms. The molecule has 0 saturated carbocycles. The third-order valence-electron chi connectivity index (χ3n) is 4.54. The van der Waals surface area contributed by atoms with Gasteiger partial charge in [0.25, 0.3) is 0 Å². The van der Waals surface area contributed by atoms with E-state index < -0.39 is 0 Å². The average Bonchev–Trinajstić information content (AvgIpc) is 3.09. The van der Waals surface area contributed by atoms with Crippen molar-refractivity contribution in [2.24, 2.45) is 0 Å². The van der Waals surface area contributed by atoms with Crippen LogP contribution in [0.3, 0.4) is 0 Å². The van der Waals surface area contributed by atoms with Crippen LogP contribution in [0.2, 0.25) is 0 Å². The Morgan fingerprint density at radius 1 is 1.08 bits per heavy atom. The van der Waals surface area contributed by atoms with Crippen molar-refractivity contribution in [1.82, 2.24) is 10.6 Å². The number of hydrogen-bond acceptors (Lipinski definition) is 4. The highest BCUT2D eigenvalue weighted by atomic mass is 32.1. The first-order valence-corrected chi connectivity index (χ1v) is 9.66. The monoisotopic (exact) mass is 368 g/mol. The van der Waals surface area contributed by atoms with Crippen molar-refractivity contribution in [2.75, 3.05) is 13.7 Å². The van der Waals surface area contributed by atoms with Gasteiger partial charge in [0.05, 0.1) is 18.7 Å². The fourth-order valence-electron chi connectivity index (χ4n) is 3.09. The molecule has 0 radical (unpaired) electrons. The molecule has 0 unspecified atom stereocenters. The van der Waals surface area contributed by atoms with Crippen molar-refractivity contribution in [2.45, 2.75) is 24.9 Å². The Labute approximate surface area is 157 Å². The van der Waals surface area contributed by atoms with Gasteiger partial charge in [0.15, 0.2) is 0 Å². The number of nitrogens with one attached hydrogen (secondary N) is 2. The van der Waals surface area contributed by atoms with Crippen molar-refractivity contribution in [3.05, 3.63) is 71.1 Å². The molecule has 1 heterocycles. The summed E-state index contributed by atoms with van der Waals surface area (Å²) in [6.45, 7) is -0.0856. The van der Waals surface area contributed by atoms with Gasteiger partial charge in [0.1, 0.15) is 0 Å². The van der Waals surface area contributed by atoms with Gasteiger partial charge in [-0.2, -0.15) is 0 Å². The second-order valence-electron chi connectivity index (χ2n) is 6.38. The van der Waals surface area contributed by atoms with Gasteiger partial charge in [-0.25, -0.2) is 0 Å². The van der Waals surface area contributed by atoms with Crippen LogP contribution in [0.25, 0.3) is 10.1 Å². The van der Waals surface area contributed by atoms with Crippen molar-refractivity contribution >= 4 is 27.3 Å². The van der Waals surface area contributed by atoms with E-state index in [9.17, 15) is 9.90 Å². The lowest BCUT2D eigenvalue weighted by Gasteiger charge is -2.21. The van der Waals surface area contributed by atoms with Crippen LogP contribution in [-0.4, -0.2) is 36.8 Å². The van der Waals surface area contributed by atoms with Crippen LogP contribution in [0.4, 0.5) is 0 Å². The van der Waals surface area contributed by atoms with Gasteiger partial charge in [-0.1, -0.05) is 48.5 Å². The molecule has 26 heavy (non-hydrogen) atoms. The molecule has 3 N–H and O–H groups in total. The Kier molecular flexibility index (Phi) is 6.39. The number of carbonyl (C=O) groups excluding carboxylic acids is 1. The van der Waals surface area contributed by atoms with E-state index in [2.05, 4.69) is 28.1 Å². The second kappa shape index (κ2) is 8.94. The SMILES string of the molecule is CN[C@@H](Cc1ccccc1)C(=O)N[C@H](CO)Cc1csc2ccccc12. The molecule has 1 aromatic heterocycles. The molecule has 2 aromatic carbocycles. The van der Waals surface area contributed by atoms with Crippen LogP contribution >= 0.6 is 11.3 Å². The summed E-state index contributed by atoms with van der Waals surface area (Å²) >= 11 is 1.69. The molecule has 3 aromatic rings. The van der Waals surface area contributed by atoms with E-state index >= 15 is 0 Å². The minimum absolute atomic E-state index is 0.0856. The number of amides is 1. The van der Waals surface area contributed by atoms with Gasteiger partial charge in [-0.05, 0) is 47.8 Å². The summed E-state index contributed by atoms with van der Waals surface area (Å²) in [6.07, 6.45) is 1.23. The Bertz CT molecular complexity index is 847. The highest BCUT2D eigenvalue weighted by Gasteiger charge is 2.21. The number of rotatable bonds is 8. The topological polar surface area (TPSA) is 61.4 Å². The normalized spacial score (nSPS) is 13.5. The third-order valence-corrected chi connectivity index (χ3v) is 5.55. The predicted molar refractivity (Wildman–Crippen MR) is 108 cm³/mol. The van der Waals surface area contributed by atoms with Crippen molar-refractivity contribution in [3.63, 3.8) is 0 Å². The van der Waals surface area contributed by atoms with E-state index in [0.717, 1.165) is 11.1 Å². The van der Waals surface area contributed by atoms with E-state index in [1.165, 1.54) is 10.1 Å². The van der Waals surface area contributed by atoms with Gasteiger partial charge < -0.3 is 15.7 Å². The predicted octanol–water partition coefficient (Wildman–Crippen LogP) is 2.75. The Balaban J connectivity index is 1.65. The summed E-state index contributed by atoms with van der Waals surface area (Å²) in [5, 5.41) is 19.1. The molecule has 136 valence electrons. The van der Waals surface area contributed by atoms with Crippen LogP contribution in [0.5, 0.6) is 0 Å². The summed E-state index contributed by atoms with van der Waals surface area (Å²) in [4.78, 5) is 12.7. The van der Waals surface area contributed by atoms with E-state index in [4.69, 9.17) is 0 Å². The molecular formula is C21H24N2O2S. The van der Waals surface area contributed by atoms with Gasteiger partial charge in [-0.15, -0.1) is 11.3 Å². The Hall–Kier alpha value is -2.21. The van der Waals surface area contributed by atoms with Crippen LogP contribution in [0.1, 0.15) is 11.1 Å². The molecule has 3 rings (SSSR count). The second-order valence-corrected chi connectivity index (χ2v) is 7.29. The van der Waals surface area contributed by atoms with Gasteiger partial charge in [0, 0.05) is 4.70 Å². The minimum atomic E-state index is -0.328. The Morgan fingerprint density at radius 2 is 1.81 bits per heavy atom. The van der Waals surface area contributed by atoms with E-state index in [0.29, 0.717) is 12.8 Å². The summed E-state index contributed by atoms with van der Waals surface area (Å²) in [6, 6.07) is 17.5. The lowest BCUT2D eigenvalue weighted by atomic mass is 10.0. The fourth-order valence-corrected chi connectivity index (χ4v) is 4.07. The molecule has 0 spiro atoms. The van der Waals surface area contributed by atoms with Crippen LogP contribution < -0.4 is 10.6 Å². The standard InChI is InChI=1S/C21H24N2O2S/c1-22-19(11-15-7-3-2-4-8-15)21(25)23-17(13-24)12-16-14-26-20-10-6-5-9-18(16)20/h2-10,14,17,19,22,24H,11-13H2,1H3,(H,23,25)/t17-,19-/m0/s1. The number of hydrogen-bond donors (Lipinski definition) is 3. The first kappa shape index (κ1) is 18.6. The number of aliphatic hydroxyl groups is 1. The zero-order valence-corrected chi connectivity index (χ0v) is 15.6. The molecule has 0 aliphatic rings. The molecule has 0 aliphatic carbocycles. The highest BCUT2D eigenvalue weighted by molar-refractivity contribution is 7.17. The summed E-state index contributed by atoms with van der Waals surface area (Å²) < 4.78 is 1.22. The van der Waals surface area contributed by atoms with Crippen LogP contribution in [0.15, 0.2) is 60.0 Å². The third kappa shape index (κ3) is 4.49. The molecule has 0 fully saturated rings. The number of benzene rings is 2. The van der Waals surface area contributed by atoms with Crippen molar-refractivity contribution in [3.8, 4) is 0 Å². The molecule has 0 bridgehead atoms. The van der Waals surface area contributed by atoms with Crippen LogP contribution in [-0.2, 0) is 17.6 Å². The lowest BCUT2D eigenvalue weighted by Crippen LogP contribution is -2.49. The maximum atomic E-state index is 12.7. The average molecular weight is 369 g/mol. The van der Waals surface area contributed by atoms with Gasteiger partial charge in [-0.3, -0.25) is 4.79 Å². The number of fused-ring (bicyclic) bond motifs is 1. The minimum Gasteiger partial charge on any atom is -0.394 e. The molecule has 1 amide bonds. The first-order chi connectivity index (χ1) is 12.7. The van der Waals surface area contributed by atoms with Gasteiger partial charge in [0.2, 0.25) is 5.91 Å². The maximum absolute atomic E-state index is 12.7. The number of aliphatic hydroxyl groups excluding tert-OH is 1. The maximum Gasteiger partial charge on any atom is 0.237 e. The van der Waals surface area contributed by atoms with E-state index in [1.807, 2.05) is 42.5 Å². The highest BCUT2D eigenvalue weighted by Crippen LogP contribution is 2.26. The summed E-state index contributed by atoms with van der Waals surface area (Å²) in [5.41, 5.74) is 2.26. The number of likely N-dealkylation sites (N-methyl/N-ethyl adjacent to an activating group) is 1. The zero-order chi connectivity index (χ0) is 18.4. The van der Waals surface area contributed by atoms with Gasteiger partial charge >= 0.3 is 0 Å². The largest absolute Gasteiger partial charge is 0.394 e. The molecule has 0 saturated heterocycles.